The topological polar surface area (TPSA) is 52.6 Å². The largest absolute Gasteiger partial charge is 0.213 e. The lowest BCUT2D eigenvalue weighted by Crippen LogP contribution is -2.34. The molecule has 4 nitrogen and oxygen atoms in total. The van der Waals surface area contributed by atoms with Gasteiger partial charge in [0.2, 0.25) is 11.4 Å². The Kier molecular flexibility index (Phi) is 5.70. The van der Waals surface area contributed by atoms with Gasteiger partial charge in [-0.15, -0.1) is 0 Å². The average molecular weight is 389 g/mol. The summed E-state index contributed by atoms with van der Waals surface area (Å²) >= 11 is 0. The van der Waals surface area contributed by atoms with Crippen LogP contribution in [-0.2, 0) is 7.05 Å². The molecule has 0 bridgehead atoms. The summed E-state index contributed by atoms with van der Waals surface area (Å²) in [5.74, 6) is 0. The van der Waals surface area contributed by atoms with Gasteiger partial charge in [-0.1, -0.05) is 77.9 Å². The summed E-state index contributed by atoms with van der Waals surface area (Å²) in [4.78, 5) is 2.82. The summed E-state index contributed by atoms with van der Waals surface area (Å²) in [7, 11) is 2.10. The van der Waals surface area contributed by atoms with Crippen LogP contribution in [0.15, 0.2) is 102 Å². The highest BCUT2D eigenvalue weighted by Crippen LogP contribution is 2.24. The van der Waals surface area contributed by atoms with Crippen LogP contribution < -0.4 is 4.57 Å². The Bertz CT molecular complexity index is 1160. The van der Waals surface area contributed by atoms with Gasteiger partial charge in [0.25, 0.3) is 0 Å². The second-order valence-electron chi connectivity index (χ2n) is 6.96. The van der Waals surface area contributed by atoms with Crippen LogP contribution in [-0.4, -0.2) is 0 Å². The van der Waals surface area contributed by atoms with Gasteiger partial charge in [0.15, 0.2) is 0 Å². The third kappa shape index (κ3) is 4.30. The van der Waals surface area contributed by atoms with E-state index in [1.54, 1.807) is 0 Å². The molecule has 0 aliphatic rings. The van der Waals surface area contributed by atoms with Crippen molar-refractivity contribution in [1.82, 2.24) is 0 Å². The first-order valence-electron chi connectivity index (χ1n) is 9.73. The van der Waals surface area contributed by atoms with E-state index >= 15 is 0 Å². The minimum absolute atomic E-state index is 0.610. The number of aromatic nitrogens is 1. The molecule has 1 aromatic heterocycles. The van der Waals surface area contributed by atoms with Crippen molar-refractivity contribution in [2.45, 2.75) is 0 Å². The molecule has 0 N–H and O–H groups in total. The van der Waals surface area contributed by atoms with E-state index in [2.05, 4.69) is 94.5 Å². The highest BCUT2D eigenvalue weighted by molar-refractivity contribution is 5.74. The van der Waals surface area contributed by atoms with Crippen molar-refractivity contribution in [1.29, 1.82) is 0 Å². The van der Waals surface area contributed by atoms with E-state index in [0.717, 1.165) is 22.5 Å². The number of hydrogen-bond acceptors (Lipinski definition) is 1. The van der Waals surface area contributed by atoms with E-state index in [4.69, 9.17) is 5.53 Å². The van der Waals surface area contributed by atoms with E-state index in [-0.39, 0.29) is 0 Å². The fourth-order valence-electron chi connectivity index (χ4n) is 3.45. The molecule has 0 radical (unpaired) electrons. The van der Waals surface area contributed by atoms with Crippen molar-refractivity contribution in [3.63, 3.8) is 0 Å². The summed E-state index contributed by atoms with van der Waals surface area (Å²) < 4.78 is 2.23. The molecule has 0 spiro atoms. The average Bonchev–Trinajstić information content (AvgIpc) is 2.80. The maximum Gasteiger partial charge on any atom is 0.213 e. The fraction of sp³-hybridized carbons (Fsp3) is 0.0385. The van der Waals surface area contributed by atoms with E-state index in [1.165, 1.54) is 11.1 Å². The van der Waals surface area contributed by atoms with Crippen molar-refractivity contribution in [2.24, 2.45) is 12.2 Å². The highest BCUT2D eigenvalue weighted by atomic mass is 15.1. The third-order valence-corrected chi connectivity index (χ3v) is 4.99. The van der Waals surface area contributed by atoms with Gasteiger partial charge in [-0.2, -0.15) is 4.57 Å². The maximum atomic E-state index is 8.55. The molecule has 0 atom stereocenters. The zero-order chi connectivity index (χ0) is 20.8. The molecule has 30 heavy (non-hydrogen) atoms. The van der Waals surface area contributed by atoms with Gasteiger partial charge < -0.3 is 0 Å². The molecule has 4 aromatic rings. The Morgan fingerprint density at radius 1 is 0.700 bits per heavy atom. The van der Waals surface area contributed by atoms with E-state index < -0.39 is 0 Å². The predicted molar refractivity (Wildman–Crippen MR) is 123 cm³/mol. The molecular weight excluding hydrogens is 368 g/mol. The number of benzene rings is 3. The summed E-state index contributed by atoms with van der Waals surface area (Å²) in [5, 5.41) is 3.62. The first-order chi connectivity index (χ1) is 14.7. The predicted octanol–water partition coefficient (Wildman–Crippen LogP) is 6.96. The van der Waals surface area contributed by atoms with Gasteiger partial charge in [-0.3, -0.25) is 0 Å². The molecule has 4 heteroatoms. The van der Waals surface area contributed by atoms with Gasteiger partial charge in [0, 0.05) is 33.9 Å². The Labute approximate surface area is 176 Å². The van der Waals surface area contributed by atoms with Crippen LogP contribution in [0.2, 0.25) is 0 Å². The first kappa shape index (κ1) is 19.2. The van der Waals surface area contributed by atoms with Gasteiger partial charge in [0.05, 0.1) is 0 Å². The lowest BCUT2D eigenvalue weighted by atomic mass is 10.0. The van der Waals surface area contributed by atoms with Crippen LogP contribution in [0.3, 0.4) is 0 Å². The quantitative estimate of drug-likeness (QED) is 0.153. The smallest absolute Gasteiger partial charge is 0.194 e. The molecule has 0 aliphatic heterocycles. The van der Waals surface area contributed by atoms with Crippen LogP contribution in [0.4, 0.5) is 5.69 Å². The molecule has 1 heterocycles. The third-order valence-electron chi connectivity index (χ3n) is 4.99. The van der Waals surface area contributed by atoms with Gasteiger partial charge in [-0.25, -0.2) is 0 Å². The van der Waals surface area contributed by atoms with Crippen molar-refractivity contribution in [2.75, 3.05) is 0 Å². The lowest BCUT2D eigenvalue weighted by molar-refractivity contribution is -0.649. The van der Waals surface area contributed by atoms with Crippen molar-refractivity contribution in [3.8, 4) is 22.5 Å². The van der Waals surface area contributed by atoms with Crippen LogP contribution in [0.1, 0.15) is 11.1 Å². The van der Waals surface area contributed by atoms with Gasteiger partial charge >= 0.3 is 0 Å². The number of rotatable bonds is 5. The van der Waals surface area contributed by atoms with Gasteiger partial charge in [0.1, 0.15) is 7.05 Å². The molecule has 0 amide bonds. The fourth-order valence-corrected chi connectivity index (χ4v) is 3.45. The molecule has 0 saturated heterocycles. The van der Waals surface area contributed by atoms with Crippen LogP contribution in [0.25, 0.3) is 45.1 Å². The standard InChI is InChI=1S/C26H21N4/c1-30-25(22-8-4-2-5-9-22)18-21(19-26(30)23-10-6-3-7-11-23)13-12-20-14-16-24(17-15-20)28-29-27/h2-19H,1H3/q+1. The number of azide groups is 1. The van der Waals surface area contributed by atoms with Crippen molar-refractivity contribution in [3.05, 3.63) is 119 Å². The Morgan fingerprint density at radius 3 is 1.70 bits per heavy atom. The number of pyridine rings is 1. The summed E-state index contributed by atoms with van der Waals surface area (Å²) in [6, 6.07) is 32.8. The Balaban J connectivity index is 1.78. The Morgan fingerprint density at radius 2 is 1.20 bits per heavy atom. The molecule has 0 saturated carbocycles. The molecule has 0 aliphatic carbocycles. The zero-order valence-corrected chi connectivity index (χ0v) is 16.7. The first-order valence-corrected chi connectivity index (χ1v) is 9.73. The molecule has 0 fully saturated rings. The molecule has 3 aromatic carbocycles. The van der Waals surface area contributed by atoms with E-state index in [9.17, 15) is 0 Å². The maximum absolute atomic E-state index is 8.55. The summed E-state index contributed by atoms with van der Waals surface area (Å²) in [5.41, 5.74) is 16.0. The van der Waals surface area contributed by atoms with E-state index in [1.807, 2.05) is 36.4 Å². The van der Waals surface area contributed by atoms with E-state index in [0.29, 0.717) is 5.69 Å². The number of hydrogen-bond donors (Lipinski definition) is 0. The SMILES string of the molecule is C[n+]1c(-c2ccccc2)cc(C=Cc2ccc(N=[N+]=[N-])cc2)cc1-c1ccccc1. The normalized spacial score (nSPS) is 10.7. The number of nitrogens with zero attached hydrogens (tertiary/aromatic N) is 4. The molecule has 4 rings (SSSR count). The second-order valence-corrected chi connectivity index (χ2v) is 6.96. The Hall–Kier alpha value is -4.14. The zero-order valence-electron chi connectivity index (χ0n) is 16.7. The van der Waals surface area contributed by atoms with Crippen LogP contribution >= 0.6 is 0 Å². The van der Waals surface area contributed by atoms with Gasteiger partial charge in [-0.05, 0) is 40.9 Å². The molecule has 0 unspecified atom stereocenters. The van der Waals surface area contributed by atoms with Crippen LogP contribution in [0, 0.1) is 0 Å². The van der Waals surface area contributed by atoms with Crippen molar-refractivity contribution >= 4 is 17.8 Å². The van der Waals surface area contributed by atoms with Crippen LogP contribution in [0.5, 0.6) is 0 Å². The lowest BCUT2D eigenvalue weighted by Gasteiger charge is -2.08. The molecular formula is C26H21N4+. The molecule has 144 valence electrons. The summed E-state index contributed by atoms with van der Waals surface area (Å²) in [6.07, 6.45) is 4.18. The highest BCUT2D eigenvalue weighted by Gasteiger charge is 2.17. The summed E-state index contributed by atoms with van der Waals surface area (Å²) in [6.45, 7) is 0. The van der Waals surface area contributed by atoms with Crippen molar-refractivity contribution < 1.29 is 4.57 Å². The monoisotopic (exact) mass is 389 g/mol. The second kappa shape index (κ2) is 8.91. The minimum atomic E-state index is 0.610. The minimum Gasteiger partial charge on any atom is -0.194 e.